The quantitative estimate of drug-likeness (QED) is 0.639. The van der Waals surface area contributed by atoms with Crippen molar-refractivity contribution in [3.63, 3.8) is 0 Å². The highest BCUT2D eigenvalue weighted by atomic mass is 35.5. The number of fused-ring (bicyclic) bond motifs is 1. The molecule has 4 rings (SSSR count). The van der Waals surface area contributed by atoms with E-state index < -0.39 is 12.2 Å². The molecule has 0 aliphatic carbocycles. The number of pyridine rings is 2. The Kier molecular flexibility index (Phi) is 4.52. The number of nitrogens with one attached hydrogen (secondary N) is 1. The lowest BCUT2D eigenvalue weighted by Crippen LogP contribution is -2.25. The molecule has 1 aliphatic heterocycles. The first-order chi connectivity index (χ1) is 13.3. The summed E-state index contributed by atoms with van der Waals surface area (Å²) in [4.78, 5) is 20.2. The summed E-state index contributed by atoms with van der Waals surface area (Å²) in [6.45, 7) is 0. The molecule has 0 bridgehead atoms. The molecular weight excluding hydrogens is 415 g/mol. The second kappa shape index (κ2) is 6.88. The van der Waals surface area contributed by atoms with Crippen molar-refractivity contribution in [1.82, 2.24) is 9.97 Å². The number of rotatable bonds is 3. The summed E-state index contributed by atoms with van der Waals surface area (Å²) >= 11 is 12.1. The van der Waals surface area contributed by atoms with Crippen LogP contribution in [0.15, 0.2) is 48.9 Å². The standard InChI is InChI=1S/C18H9Cl2F2N3O3/c19-12-6-15-14(27-18(21,22)28-15)5-11(12)9-1-2-16(24-7-9)25-17(26)10-3-4-23-8-13(10)20/h1-8H,(H,24,25,26). The highest BCUT2D eigenvalue weighted by Gasteiger charge is 2.43. The molecule has 0 unspecified atom stereocenters. The summed E-state index contributed by atoms with van der Waals surface area (Å²) in [6, 6.07) is 7.23. The van der Waals surface area contributed by atoms with Crippen molar-refractivity contribution in [1.29, 1.82) is 0 Å². The van der Waals surface area contributed by atoms with Crippen LogP contribution in [0.4, 0.5) is 14.6 Å². The molecule has 2 aromatic heterocycles. The van der Waals surface area contributed by atoms with E-state index in [0.717, 1.165) is 0 Å². The van der Waals surface area contributed by atoms with Crippen LogP contribution in [-0.2, 0) is 0 Å². The van der Waals surface area contributed by atoms with Gasteiger partial charge in [0.05, 0.1) is 15.6 Å². The predicted octanol–water partition coefficient (Wildman–Crippen LogP) is 5.02. The molecule has 3 aromatic rings. The lowest BCUT2D eigenvalue weighted by molar-refractivity contribution is -0.286. The number of hydrogen-bond donors (Lipinski definition) is 1. The molecule has 28 heavy (non-hydrogen) atoms. The second-order valence-electron chi connectivity index (χ2n) is 5.69. The molecule has 142 valence electrons. The van der Waals surface area contributed by atoms with Crippen molar-refractivity contribution in [3.05, 3.63) is 64.5 Å². The van der Waals surface area contributed by atoms with Gasteiger partial charge in [-0.2, -0.15) is 0 Å². The van der Waals surface area contributed by atoms with Gasteiger partial charge in [0.25, 0.3) is 5.91 Å². The number of carbonyl (C=O) groups excluding carboxylic acids is 1. The highest BCUT2D eigenvalue weighted by molar-refractivity contribution is 6.34. The van der Waals surface area contributed by atoms with E-state index in [1.165, 1.54) is 42.9 Å². The van der Waals surface area contributed by atoms with Crippen LogP contribution in [0.25, 0.3) is 11.1 Å². The maximum absolute atomic E-state index is 13.2. The number of anilines is 1. The molecule has 1 aromatic carbocycles. The minimum Gasteiger partial charge on any atom is -0.395 e. The third-order valence-corrected chi connectivity index (χ3v) is 4.44. The molecule has 1 amide bonds. The molecule has 3 heterocycles. The van der Waals surface area contributed by atoms with Crippen molar-refractivity contribution < 1.29 is 23.0 Å². The van der Waals surface area contributed by atoms with Gasteiger partial charge in [-0.3, -0.25) is 9.78 Å². The summed E-state index contributed by atoms with van der Waals surface area (Å²) in [7, 11) is 0. The third kappa shape index (κ3) is 3.56. The van der Waals surface area contributed by atoms with Crippen LogP contribution in [0.5, 0.6) is 11.5 Å². The molecule has 0 saturated carbocycles. The van der Waals surface area contributed by atoms with E-state index in [0.29, 0.717) is 11.1 Å². The number of amides is 1. The van der Waals surface area contributed by atoms with E-state index in [1.54, 1.807) is 6.07 Å². The average Bonchev–Trinajstić information content (AvgIpc) is 2.95. The number of carbonyl (C=O) groups is 1. The van der Waals surface area contributed by atoms with E-state index in [9.17, 15) is 13.6 Å². The Labute approximate surface area is 167 Å². The summed E-state index contributed by atoms with van der Waals surface area (Å²) in [6.07, 6.45) is 0.511. The Hall–Kier alpha value is -2.97. The zero-order valence-electron chi connectivity index (χ0n) is 13.7. The van der Waals surface area contributed by atoms with Gasteiger partial charge in [0, 0.05) is 35.8 Å². The van der Waals surface area contributed by atoms with Crippen LogP contribution >= 0.6 is 23.2 Å². The first-order valence-corrected chi connectivity index (χ1v) is 8.55. The third-order valence-electron chi connectivity index (χ3n) is 3.82. The van der Waals surface area contributed by atoms with E-state index in [2.05, 4.69) is 24.8 Å². The monoisotopic (exact) mass is 423 g/mol. The number of alkyl halides is 2. The number of ether oxygens (including phenoxy) is 2. The number of aromatic nitrogens is 2. The van der Waals surface area contributed by atoms with Crippen LogP contribution in [0, 0.1) is 0 Å². The smallest absolute Gasteiger partial charge is 0.395 e. The van der Waals surface area contributed by atoms with Crippen molar-refractivity contribution in [2.45, 2.75) is 6.29 Å². The van der Waals surface area contributed by atoms with Crippen LogP contribution in [0.3, 0.4) is 0 Å². The van der Waals surface area contributed by atoms with E-state index >= 15 is 0 Å². The van der Waals surface area contributed by atoms with Crippen LogP contribution in [0.2, 0.25) is 10.0 Å². The number of nitrogens with zero attached hydrogens (tertiary/aromatic N) is 2. The van der Waals surface area contributed by atoms with Gasteiger partial charge < -0.3 is 14.8 Å². The number of hydrogen-bond acceptors (Lipinski definition) is 5. The Bertz CT molecular complexity index is 1080. The Balaban J connectivity index is 1.56. The van der Waals surface area contributed by atoms with Gasteiger partial charge in [-0.15, -0.1) is 8.78 Å². The van der Waals surface area contributed by atoms with Gasteiger partial charge in [-0.05, 0) is 24.3 Å². The second-order valence-corrected chi connectivity index (χ2v) is 6.50. The number of halogens is 4. The van der Waals surface area contributed by atoms with Crippen LogP contribution in [-0.4, -0.2) is 22.2 Å². The Morgan fingerprint density at radius 1 is 1.04 bits per heavy atom. The molecule has 1 aliphatic rings. The van der Waals surface area contributed by atoms with Gasteiger partial charge in [-0.1, -0.05) is 23.2 Å². The van der Waals surface area contributed by atoms with Gasteiger partial charge in [0.2, 0.25) is 0 Å². The number of benzene rings is 1. The fourth-order valence-electron chi connectivity index (χ4n) is 2.56. The SMILES string of the molecule is O=C(Nc1ccc(-c2cc3c(cc2Cl)OC(F)(F)O3)cn1)c1ccncc1Cl. The normalized spacial score (nSPS) is 14.0. The zero-order valence-corrected chi connectivity index (χ0v) is 15.3. The molecule has 0 atom stereocenters. The van der Waals surface area contributed by atoms with Gasteiger partial charge >= 0.3 is 6.29 Å². The lowest BCUT2D eigenvalue weighted by atomic mass is 10.1. The van der Waals surface area contributed by atoms with Crippen molar-refractivity contribution >= 4 is 34.9 Å². The average molecular weight is 424 g/mol. The van der Waals surface area contributed by atoms with Gasteiger partial charge in [0.15, 0.2) is 11.5 Å². The van der Waals surface area contributed by atoms with E-state index in [-0.39, 0.29) is 32.9 Å². The Morgan fingerprint density at radius 3 is 2.46 bits per heavy atom. The predicted molar refractivity (Wildman–Crippen MR) is 98.1 cm³/mol. The van der Waals surface area contributed by atoms with E-state index in [4.69, 9.17) is 23.2 Å². The lowest BCUT2D eigenvalue weighted by Gasteiger charge is -2.08. The maximum Gasteiger partial charge on any atom is 0.586 e. The molecule has 0 spiro atoms. The summed E-state index contributed by atoms with van der Waals surface area (Å²) in [5, 5.41) is 3.00. The molecule has 10 heteroatoms. The fraction of sp³-hybridized carbons (Fsp3) is 0.0556. The van der Waals surface area contributed by atoms with Crippen molar-refractivity contribution in [2.24, 2.45) is 0 Å². The molecule has 0 radical (unpaired) electrons. The van der Waals surface area contributed by atoms with Gasteiger partial charge in [0.1, 0.15) is 5.82 Å². The Morgan fingerprint density at radius 2 is 1.79 bits per heavy atom. The minimum atomic E-state index is -3.73. The van der Waals surface area contributed by atoms with Crippen molar-refractivity contribution in [2.75, 3.05) is 5.32 Å². The zero-order chi connectivity index (χ0) is 19.9. The molecule has 0 fully saturated rings. The summed E-state index contributed by atoms with van der Waals surface area (Å²) in [5.41, 5.74) is 1.21. The van der Waals surface area contributed by atoms with Crippen LogP contribution < -0.4 is 14.8 Å². The molecule has 6 nitrogen and oxygen atoms in total. The maximum atomic E-state index is 13.2. The van der Waals surface area contributed by atoms with E-state index in [1.807, 2.05) is 0 Å². The molecule has 1 N–H and O–H groups in total. The first kappa shape index (κ1) is 18.4. The highest BCUT2D eigenvalue weighted by Crippen LogP contribution is 2.46. The largest absolute Gasteiger partial charge is 0.586 e. The van der Waals surface area contributed by atoms with Crippen LogP contribution in [0.1, 0.15) is 10.4 Å². The minimum absolute atomic E-state index is 0.130. The molecular formula is C18H9Cl2F2N3O3. The summed E-state index contributed by atoms with van der Waals surface area (Å²) < 4.78 is 35.2. The summed E-state index contributed by atoms with van der Waals surface area (Å²) in [5.74, 6) is -0.458. The topological polar surface area (TPSA) is 73.3 Å². The molecule has 0 saturated heterocycles. The fourth-order valence-corrected chi connectivity index (χ4v) is 3.03. The van der Waals surface area contributed by atoms with Gasteiger partial charge in [-0.25, -0.2) is 4.98 Å². The van der Waals surface area contributed by atoms with Crippen molar-refractivity contribution in [3.8, 4) is 22.6 Å². The first-order valence-electron chi connectivity index (χ1n) is 7.79.